The van der Waals surface area contributed by atoms with Crippen LogP contribution in [0, 0.1) is 29.1 Å². The Kier molecular flexibility index (Phi) is 4.60. The fourth-order valence-electron chi connectivity index (χ4n) is 3.87. The van der Waals surface area contributed by atoms with Gasteiger partial charge in [-0.15, -0.1) is 0 Å². The van der Waals surface area contributed by atoms with Gasteiger partial charge in [0.15, 0.2) is 23.3 Å². The van der Waals surface area contributed by atoms with Gasteiger partial charge in [0.25, 0.3) is 0 Å². The van der Waals surface area contributed by atoms with Crippen molar-refractivity contribution in [2.45, 2.75) is 37.6 Å². The highest BCUT2D eigenvalue weighted by Crippen LogP contribution is 2.45. The second-order valence-corrected chi connectivity index (χ2v) is 6.14. The monoisotopic (exact) mass is 335 g/mol. The smallest absolute Gasteiger partial charge is 0.200 e. The number of halogens is 5. The number of benzene rings is 1. The average molecular weight is 335 g/mol. The Morgan fingerprint density at radius 1 is 0.696 bits per heavy atom. The normalized spacial score (nSPS) is 22.3. The Morgan fingerprint density at radius 2 is 1.17 bits per heavy atom. The number of hydrogen-bond acceptors (Lipinski definition) is 2. The van der Waals surface area contributed by atoms with Crippen LogP contribution in [-0.4, -0.2) is 31.2 Å². The topological polar surface area (TPSA) is 12.5 Å². The molecule has 2 nitrogen and oxygen atoms in total. The zero-order valence-electron chi connectivity index (χ0n) is 12.6. The van der Waals surface area contributed by atoms with Gasteiger partial charge in [0.05, 0.1) is 24.3 Å². The lowest BCUT2D eigenvalue weighted by molar-refractivity contribution is -0.0439. The molecule has 1 saturated heterocycles. The first-order chi connectivity index (χ1) is 11.0. The van der Waals surface area contributed by atoms with E-state index in [0.717, 1.165) is 6.42 Å². The van der Waals surface area contributed by atoms with Gasteiger partial charge in [0, 0.05) is 13.1 Å². The lowest BCUT2D eigenvalue weighted by atomic mass is 9.74. The lowest BCUT2D eigenvalue weighted by Crippen LogP contribution is -2.53. The summed E-state index contributed by atoms with van der Waals surface area (Å²) in [5, 5.41) is 0. The Labute approximate surface area is 131 Å². The summed E-state index contributed by atoms with van der Waals surface area (Å²) in [7, 11) is 0. The first kappa shape index (κ1) is 16.6. The van der Waals surface area contributed by atoms with Gasteiger partial charge in [-0.3, -0.25) is 4.90 Å². The van der Waals surface area contributed by atoms with Crippen molar-refractivity contribution in [1.82, 2.24) is 4.90 Å². The molecule has 1 aliphatic carbocycles. The molecular formula is C16H18F5NO. The van der Waals surface area contributed by atoms with Gasteiger partial charge in [-0.25, -0.2) is 22.0 Å². The number of hydrogen-bond donors (Lipinski definition) is 0. The van der Waals surface area contributed by atoms with Crippen molar-refractivity contribution < 1.29 is 26.7 Å². The maximum atomic E-state index is 14.4. The van der Waals surface area contributed by atoms with Gasteiger partial charge in [0.1, 0.15) is 0 Å². The minimum atomic E-state index is -2.10. The molecule has 7 heteroatoms. The molecule has 0 unspecified atom stereocenters. The first-order valence-corrected chi connectivity index (χ1v) is 7.84. The van der Waals surface area contributed by atoms with Crippen molar-refractivity contribution in [3.8, 4) is 0 Å². The van der Waals surface area contributed by atoms with Gasteiger partial charge in [-0.1, -0.05) is 19.3 Å². The van der Waals surface area contributed by atoms with Crippen LogP contribution < -0.4 is 0 Å². The van der Waals surface area contributed by atoms with Crippen molar-refractivity contribution in [3.63, 3.8) is 0 Å². The third-order valence-corrected chi connectivity index (χ3v) is 4.97. The second-order valence-electron chi connectivity index (χ2n) is 6.14. The number of rotatable bonds is 2. The summed E-state index contributed by atoms with van der Waals surface area (Å²) in [6, 6.07) is 0. The molecule has 3 rings (SSSR count). The van der Waals surface area contributed by atoms with Crippen molar-refractivity contribution >= 4 is 0 Å². The van der Waals surface area contributed by atoms with E-state index in [0.29, 0.717) is 52.0 Å². The fourth-order valence-corrected chi connectivity index (χ4v) is 3.87. The molecule has 0 N–H and O–H groups in total. The predicted molar refractivity (Wildman–Crippen MR) is 73.4 cm³/mol. The van der Waals surface area contributed by atoms with E-state index in [1.54, 1.807) is 0 Å². The Bertz CT molecular complexity index is 566. The molecule has 1 heterocycles. The molecule has 2 aliphatic rings. The maximum absolute atomic E-state index is 14.4. The Morgan fingerprint density at radius 3 is 1.70 bits per heavy atom. The third-order valence-electron chi connectivity index (χ3n) is 4.97. The van der Waals surface area contributed by atoms with Crippen LogP contribution in [-0.2, 0) is 10.3 Å². The molecule has 1 saturated carbocycles. The van der Waals surface area contributed by atoms with Crippen LogP contribution in [0.25, 0.3) is 0 Å². The summed E-state index contributed by atoms with van der Waals surface area (Å²) >= 11 is 0. The number of nitrogens with zero attached hydrogens (tertiary/aromatic N) is 1. The first-order valence-electron chi connectivity index (χ1n) is 7.84. The van der Waals surface area contributed by atoms with Crippen LogP contribution in [0.4, 0.5) is 22.0 Å². The van der Waals surface area contributed by atoms with Crippen LogP contribution >= 0.6 is 0 Å². The standard InChI is InChI=1S/C16H18F5NO/c17-11-10(12(18)14(20)15(21)13(11)19)16(4-2-1-3-5-16)22-6-8-23-9-7-22/h1-9H2. The predicted octanol–water partition coefficient (Wildman–Crippen LogP) is 3.87. The summed E-state index contributed by atoms with van der Waals surface area (Å²) in [4.78, 5) is 1.83. The fraction of sp³-hybridized carbons (Fsp3) is 0.625. The van der Waals surface area contributed by atoms with Crippen LogP contribution in [0.3, 0.4) is 0 Å². The highest BCUT2D eigenvalue weighted by atomic mass is 19.2. The third kappa shape index (κ3) is 2.63. The maximum Gasteiger partial charge on any atom is 0.200 e. The lowest BCUT2D eigenvalue weighted by Gasteiger charge is -2.48. The molecule has 0 spiro atoms. The zero-order chi connectivity index (χ0) is 16.6. The summed E-state index contributed by atoms with van der Waals surface area (Å²) < 4.78 is 74.8. The van der Waals surface area contributed by atoms with E-state index in [4.69, 9.17) is 4.74 Å². The average Bonchev–Trinajstić information content (AvgIpc) is 2.60. The van der Waals surface area contributed by atoms with Gasteiger partial charge in [-0.2, -0.15) is 0 Å². The van der Waals surface area contributed by atoms with Crippen molar-refractivity contribution in [2.24, 2.45) is 0 Å². The number of morpholine rings is 1. The van der Waals surface area contributed by atoms with E-state index >= 15 is 0 Å². The van der Waals surface area contributed by atoms with Crippen LogP contribution in [0.2, 0.25) is 0 Å². The van der Waals surface area contributed by atoms with Crippen molar-refractivity contribution in [2.75, 3.05) is 26.3 Å². The van der Waals surface area contributed by atoms with Gasteiger partial charge in [0.2, 0.25) is 5.82 Å². The molecule has 0 radical (unpaired) electrons. The zero-order valence-corrected chi connectivity index (χ0v) is 12.6. The SMILES string of the molecule is Fc1c(F)c(F)c(C2(N3CCOCC3)CCCCC2)c(F)c1F. The molecular weight excluding hydrogens is 317 g/mol. The Balaban J connectivity index is 2.17. The molecule has 1 aromatic rings. The molecule has 0 aromatic heterocycles. The quantitative estimate of drug-likeness (QED) is 0.462. The molecule has 23 heavy (non-hydrogen) atoms. The van der Waals surface area contributed by atoms with Crippen LogP contribution in [0.1, 0.15) is 37.7 Å². The summed E-state index contributed by atoms with van der Waals surface area (Å²) in [6.07, 6.45) is 3.03. The molecule has 1 aromatic carbocycles. The largest absolute Gasteiger partial charge is 0.379 e. The summed E-state index contributed by atoms with van der Waals surface area (Å²) in [5.41, 5.74) is -1.82. The van der Waals surface area contributed by atoms with Gasteiger partial charge >= 0.3 is 0 Å². The number of ether oxygens (including phenoxy) is 1. The van der Waals surface area contributed by atoms with E-state index in [1.807, 2.05) is 4.90 Å². The summed E-state index contributed by atoms with van der Waals surface area (Å²) in [5.74, 6) is -9.23. The second kappa shape index (κ2) is 6.36. The van der Waals surface area contributed by atoms with Crippen molar-refractivity contribution in [1.29, 1.82) is 0 Å². The minimum absolute atomic E-state index is 0.380. The minimum Gasteiger partial charge on any atom is -0.379 e. The van der Waals surface area contributed by atoms with E-state index < -0.39 is 40.2 Å². The van der Waals surface area contributed by atoms with Gasteiger partial charge in [-0.05, 0) is 12.8 Å². The highest BCUT2D eigenvalue weighted by molar-refractivity contribution is 5.32. The van der Waals surface area contributed by atoms with E-state index in [9.17, 15) is 22.0 Å². The molecule has 1 aliphatic heterocycles. The van der Waals surface area contributed by atoms with E-state index in [-0.39, 0.29) is 0 Å². The van der Waals surface area contributed by atoms with Crippen LogP contribution in [0.5, 0.6) is 0 Å². The molecule has 2 fully saturated rings. The van der Waals surface area contributed by atoms with Crippen LogP contribution in [0.15, 0.2) is 0 Å². The summed E-state index contributed by atoms with van der Waals surface area (Å²) in [6.45, 7) is 1.60. The van der Waals surface area contributed by atoms with Gasteiger partial charge < -0.3 is 4.74 Å². The molecule has 0 bridgehead atoms. The Hall–Kier alpha value is -1.21. The molecule has 128 valence electrons. The molecule has 0 atom stereocenters. The van der Waals surface area contributed by atoms with E-state index in [1.165, 1.54) is 0 Å². The van der Waals surface area contributed by atoms with Crippen molar-refractivity contribution in [3.05, 3.63) is 34.6 Å². The molecule has 0 amide bonds. The van der Waals surface area contributed by atoms with E-state index in [2.05, 4.69) is 0 Å². The highest BCUT2D eigenvalue weighted by Gasteiger charge is 2.46.